The number of hydrogen-bond acceptors (Lipinski definition) is 1. The second kappa shape index (κ2) is 24.3. The molecule has 0 aromatic carbocycles. The first-order valence-corrected chi connectivity index (χ1v) is 0.512. The largest absolute Gasteiger partial charge is 1.00 e. The van der Waals surface area contributed by atoms with Gasteiger partial charge in [0.2, 0.25) is 7.85 Å². The van der Waals surface area contributed by atoms with Gasteiger partial charge in [0, 0.05) is 0 Å². The first-order valence-electron chi connectivity index (χ1n) is 0.512. The van der Waals surface area contributed by atoms with E-state index in [1.54, 1.807) is 0 Å². The summed E-state index contributed by atoms with van der Waals surface area (Å²) in [6.07, 6.45) is 0. The standard InChI is InChI=1S/CBN.Na.H2O/c2-1-3;;/h;;1H2/q;+1;. The molecule has 4 heteroatoms. The van der Waals surface area contributed by atoms with Crippen molar-refractivity contribution in [1.29, 1.82) is 5.26 Å². The van der Waals surface area contributed by atoms with E-state index < -0.39 is 0 Å². The zero-order chi connectivity index (χ0) is 2.71. The van der Waals surface area contributed by atoms with Crippen molar-refractivity contribution in [1.82, 2.24) is 0 Å². The first kappa shape index (κ1) is 17.8. The van der Waals surface area contributed by atoms with E-state index in [0.717, 1.165) is 0 Å². The Hall–Kier alpha value is 0.515. The molecule has 0 fully saturated rings. The molecular weight excluding hydrogens is 75.8 g/mol. The second-order valence-electron chi connectivity index (χ2n) is 0.129. The predicted octanol–water partition coefficient (Wildman–Crippen LogP) is -4.18. The smallest absolute Gasteiger partial charge is 0.412 e. The van der Waals surface area contributed by atoms with Crippen molar-refractivity contribution in [2.75, 3.05) is 0 Å². The van der Waals surface area contributed by atoms with Crippen LogP contribution in [0.4, 0.5) is 0 Å². The van der Waals surface area contributed by atoms with Crippen LogP contribution in [-0.4, -0.2) is 13.3 Å². The van der Waals surface area contributed by atoms with E-state index in [9.17, 15) is 0 Å². The van der Waals surface area contributed by atoms with Crippen LogP contribution in [0.5, 0.6) is 0 Å². The Balaban J connectivity index is -0.0000000200. The van der Waals surface area contributed by atoms with Crippen molar-refractivity contribution in [2.24, 2.45) is 0 Å². The van der Waals surface area contributed by atoms with Gasteiger partial charge in [0.05, 0.1) is 0 Å². The molecule has 0 unspecified atom stereocenters. The molecule has 0 atom stereocenters. The van der Waals surface area contributed by atoms with Crippen LogP contribution in [0.3, 0.4) is 0 Å². The minimum absolute atomic E-state index is 0. The molecule has 0 amide bonds. The molecule has 5 heavy (non-hydrogen) atoms. The first-order chi connectivity index (χ1) is 1.41. The molecule has 0 aliphatic rings. The van der Waals surface area contributed by atoms with Crippen LogP contribution < -0.4 is 29.6 Å². The van der Waals surface area contributed by atoms with Crippen molar-refractivity contribution >= 4 is 7.85 Å². The van der Waals surface area contributed by atoms with Crippen LogP contribution in [0.2, 0.25) is 0 Å². The van der Waals surface area contributed by atoms with Gasteiger partial charge in [0.25, 0.3) is 0 Å². The van der Waals surface area contributed by atoms with Gasteiger partial charge in [-0.25, -0.2) is 5.26 Å². The topological polar surface area (TPSA) is 55.3 Å². The van der Waals surface area contributed by atoms with E-state index in [2.05, 4.69) is 7.85 Å². The maximum atomic E-state index is 7.10. The van der Waals surface area contributed by atoms with Gasteiger partial charge in [0.15, 0.2) is 0 Å². The summed E-state index contributed by atoms with van der Waals surface area (Å²) in [5, 5.41) is 7.10. The van der Waals surface area contributed by atoms with E-state index >= 15 is 0 Å². The fourth-order valence-electron chi connectivity index (χ4n) is 0. The normalized spacial score (nSPS) is 1.40. The summed E-state index contributed by atoms with van der Waals surface area (Å²) in [7, 11) is 4.15. The Morgan fingerprint density at radius 2 is 1.60 bits per heavy atom. The zero-order valence-corrected chi connectivity index (χ0v) is 5.02. The molecule has 0 aliphatic carbocycles. The van der Waals surface area contributed by atoms with Gasteiger partial charge in [-0.15, -0.1) is 0 Å². The molecule has 20 valence electrons. The van der Waals surface area contributed by atoms with Crippen molar-refractivity contribution < 1.29 is 35.0 Å². The van der Waals surface area contributed by atoms with Crippen LogP contribution in [0.1, 0.15) is 0 Å². The van der Waals surface area contributed by atoms with E-state index in [-0.39, 0.29) is 35.0 Å². The SMILES string of the molecule is O.[B]C#N.[Na+]. The predicted molar refractivity (Wildman–Crippen MR) is 15.0 cm³/mol. The fourth-order valence-corrected chi connectivity index (χ4v) is 0. The molecule has 2 radical (unpaired) electrons. The van der Waals surface area contributed by atoms with E-state index in [1.165, 1.54) is 5.97 Å². The van der Waals surface area contributed by atoms with Gasteiger partial charge in [-0.3, -0.25) is 0 Å². The van der Waals surface area contributed by atoms with Crippen LogP contribution in [-0.2, 0) is 0 Å². The minimum Gasteiger partial charge on any atom is -0.412 e. The maximum Gasteiger partial charge on any atom is 1.00 e. The van der Waals surface area contributed by atoms with Crippen LogP contribution in [0.15, 0.2) is 0 Å². The van der Waals surface area contributed by atoms with E-state index in [4.69, 9.17) is 5.26 Å². The van der Waals surface area contributed by atoms with Gasteiger partial charge in [-0.05, 0) is 5.97 Å². The zero-order valence-electron chi connectivity index (χ0n) is 3.02. The van der Waals surface area contributed by atoms with Crippen LogP contribution in [0, 0.1) is 11.2 Å². The molecule has 0 aliphatic heterocycles. The van der Waals surface area contributed by atoms with Gasteiger partial charge >= 0.3 is 29.6 Å². The maximum absolute atomic E-state index is 7.10. The number of rotatable bonds is 0. The Morgan fingerprint density at radius 1 is 1.60 bits per heavy atom. The summed E-state index contributed by atoms with van der Waals surface area (Å²) in [5.74, 6) is 1.25. The molecule has 0 aromatic heterocycles. The molecule has 0 bridgehead atoms. The fraction of sp³-hybridized carbons (Fsp3) is 0. The summed E-state index contributed by atoms with van der Waals surface area (Å²) in [5.41, 5.74) is 0. The van der Waals surface area contributed by atoms with Gasteiger partial charge in [0.1, 0.15) is 0 Å². The van der Waals surface area contributed by atoms with Gasteiger partial charge in [-0.2, -0.15) is 0 Å². The third-order valence-corrected chi connectivity index (χ3v) is 0. The van der Waals surface area contributed by atoms with Crippen LogP contribution >= 0.6 is 0 Å². The quantitative estimate of drug-likeness (QED) is 0.271. The molecule has 2 N–H and O–H groups in total. The monoisotopic (exact) mass is 78.0 g/mol. The third kappa shape index (κ3) is 108. The average molecular weight is 77.8 g/mol. The minimum atomic E-state index is 0. The summed E-state index contributed by atoms with van der Waals surface area (Å²) < 4.78 is 0. The summed E-state index contributed by atoms with van der Waals surface area (Å²) in [6, 6.07) is 0. The van der Waals surface area contributed by atoms with Crippen molar-refractivity contribution in [3.8, 4) is 5.97 Å². The Kier molecular flexibility index (Phi) is 86.4. The average Bonchev–Trinajstić information content (AvgIpc) is 0.918. The van der Waals surface area contributed by atoms with E-state index in [0.29, 0.717) is 0 Å². The Bertz CT molecular complexity index is 33.1. The second-order valence-corrected chi connectivity index (χ2v) is 0.129. The van der Waals surface area contributed by atoms with Crippen molar-refractivity contribution in [3.05, 3.63) is 0 Å². The molecule has 0 aromatic rings. The number of nitriles is 1. The summed E-state index contributed by atoms with van der Waals surface area (Å²) >= 11 is 0. The molecule has 0 saturated carbocycles. The van der Waals surface area contributed by atoms with Crippen molar-refractivity contribution in [3.63, 3.8) is 0 Å². The van der Waals surface area contributed by atoms with Crippen molar-refractivity contribution in [2.45, 2.75) is 0 Å². The molecule has 0 saturated heterocycles. The molecule has 2 nitrogen and oxygen atoms in total. The molecule has 0 rings (SSSR count). The van der Waals surface area contributed by atoms with E-state index in [1.807, 2.05) is 0 Å². The summed E-state index contributed by atoms with van der Waals surface area (Å²) in [4.78, 5) is 0. The molecular formula is CH2BNNaO+. The number of hydrogen-bond donors (Lipinski definition) is 0. The van der Waals surface area contributed by atoms with Gasteiger partial charge < -0.3 is 5.48 Å². The molecule has 0 spiro atoms. The third-order valence-electron chi connectivity index (χ3n) is 0. The summed E-state index contributed by atoms with van der Waals surface area (Å²) in [6.45, 7) is 0. The van der Waals surface area contributed by atoms with Crippen LogP contribution in [0.25, 0.3) is 0 Å². The molecule has 0 heterocycles. The number of nitrogens with zero attached hydrogens (tertiary/aromatic N) is 1. The Morgan fingerprint density at radius 3 is 1.60 bits per heavy atom. The van der Waals surface area contributed by atoms with Gasteiger partial charge in [-0.1, -0.05) is 0 Å². The Labute approximate surface area is 54.2 Å².